The fraction of sp³-hybridized carbons (Fsp3) is 0.211. The summed E-state index contributed by atoms with van der Waals surface area (Å²) >= 11 is 0. The van der Waals surface area contributed by atoms with Crippen LogP contribution in [0.4, 0.5) is 5.69 Å². The summed E-state index contributed by atoms with van der Waals surface area (Å²) in [6.45, 7) is 8.09. The zero-order valence-electron chi connectivity index (χ0n) is 13.0. The van der Waals surface area contributed by atoms with Crippen LogP contribution in [0.1, 0.15) is 24.1 Å². The lowest BCUT2D eigenvalue weighted by atomic mass is 9.99. The first-order valence-corrected chi connectivity index (χ1v) is 7.36. The van der Waals surface area contributed by atoms with E-state index in [0.29, 0.717) is 12.2 Å². The van der Waals surface area contributed by atoms with Gasteiger partial charge < -0.3 is 10.1 Å². The third kappa shape index (κ3) is 3.98. The van der Waals surface area contributed by atoms with E-state index in [0.717, 1.165) is 11.3 Å². The Morgan fingerprint density at radius 1 is 1.14 bits per heavy atom. The first-order chi connectivity index (χ1) is 10.6. The topological polar surface area (TPSA) is 38.3 Å². The van der Waals surface area contributed by atoms with Crippen molar-refractivity contribution in [1.29, 1.82) is 0 Å². The van der Waals surface area contributed by atoms with Gasteiger partial charge in [-0.25, -0.2) is 4.79 Å². The standard InChI is InChI=1S/C19H21NO2/c1-4-22-19(21)15(3)18(16-8-6-5-7-9-16)20-17-12-10-14(2)11-13-17/h5-13,18,20H,3-4H2,1-2H3/t18-/m1/s1. The summed E-state index contributed by atoms with van der Waals surface area (Å²) in [5.41, 5.74) is 3.49. The van der Waals surface area contributed by atoms with E-state index in [-0.39, 0.29) is 12.0 Å². The highest BCUT2D eigenvalue weighted by Crippen LogP contribution is 2.26. The molecular formula is C19H21NO2. The first kappa shape index (κ1) is 15.8. The van der Waals surface area contributed by atoms with E-state index in [4.69, 9.17) is 4.74 Å². The summed E-state index contributed by atoms with van der Waals surface area (Å²) in [6.07, 6.45) is 0. The molecule has 0 aliphatic heterocycles. The van der Waals surface area contributed by atoms with Gasteiger partial charge >= 0.3 is 5.97 Å². The Morgan fingerprint density at radius 3 is 2.36 bits per heavy atom. The van der Waals surface area contributed by atoms with E-state index < -0.39 is 0 Å². The van der Waals surface area contributed by atoms with Gasteiger partial charge in [-0.3, -0.25) is 0 Å². The van der Waals surface area contributed by atoms with Gasteiger partial charge in [0.2, 0.25) is 0 Å². The average Bonchev–Trinajstić information content (AvgIpc) is 2.55. The molecule has 0 radical (unpaired) electrons. The van der Waals surface area contributed by atoms with E-state index >= 15 is 0 Å². The van der Waals surface area contributed by atoms with Crippen LogP contribution in [0.5, 0.6) is 0 Å². The van der Waals surface area contributed by atoms with Crippen LogP contribution >= 0.6 is 0 Å². The minimum Gasteiger partial charge on any atom is -0.463 e. The number of ether oxygens (including phenoxy) is 1. The second kappa shape index (κ2) is 7.46. The van der Waals surface area contributed by atoms with Gasteiger partial charge in [0.05, 0.1) is 18.2 Å². The summed E-state index contributed by atoms with van der Waals surface area (Å²) in [5, 5.41) is 3.36. The number of hydrogen-bond donors (Lipinski definition) is 1. The third-order valence-corrected chi connectivity index (χ3v) is 3.38. The van der Waals surface area contributed by atoms with Gasteiger partial charge in [0.15, 0.2) is 0 Å². The molecule has 0 unspecified atom stereocenters. The van der Waals surface area contributed by atoms with Crippen molar-refractivity contribution in [2.45, 2.75) is 19.9 Å². The van der Waals surface area contributed by atoms with E-state index in [1.165, 1.54) is 5.56 Å². The van der Waals surface area contributed by atoms with Gasteiger partial charge in [0.1, 0.15) is 0 Å². The van der Waals surface area contributed by atoms with Gasteiger partial charge in [0.25, 0.3) is 0 Å². The molecule has 3 heteroatoms. The Hall–Kier alpha value is -2.55. The van der Waals surface area contributed by atoms with E-state index in [1.807, 2.05) is 61.5 Å². The summed E-state index contributed by atoms with van der Waals surface area (Å²) in [7, 11) is 0. The van der Waals surface area contributed by atoms with Crippen LogP contribution in [0.25, 0.3) is 0 Å². The fourth-order valence-electron chi connectivity index (χ4n) is 2.18. The van der Waals surface area contributed by atoms with Gasteiger partial charge in [0, 0.05) is 5.69 Å². The zero-order chi connectivity index (χ0) is 15.9. The minimum absolute atomic E-state index is 0.317. The van der Waals surface area contributed by atoms with Crippen LogP contribution in [0.2, 0.25) is 0 Å². The largest absolute Gasteiger partial charge is 0.463 e. The van der Waals surface area contributed by atoms with Crippen LogP contribution in [0, 0.1) is 6.92 Å². The number of carbonyl (C=O) groups excluding carboxylic acids is 1. The van der Waals surface area contributed by atoms with Crippen molar-refractivity contribution in [3.05, 3.63) is 77.9 Å². The Morgan fingerprint density at radius 2 is 1.77 bits per heavy atom. The SMILES string of the molecule is C=C(C(=O)OCC)[C@@H](Nc1ccc(C)cc1)c1ccccc1. The van der Waals surface area contributed by atoms with Crippen LogP contribution < -0.4 is 5.32 Å². The fourth-order valence-corrected chi connectivity index (χ4v) is 2.18. The van der Waals surface area contributed by atoms with Crippen molar-refractivity contribution in [2.24, 2.45) is 0 Å². The van der Waals surface area contributed by atoms with Gasteiger partial charge in [-0.15, -0.1) is 0 Å². The number of aryl methyl sites for hydroxylation is 1. The highest BCUT2D eigenvalue weighted by molar-refractivity contribution is 5.90. The molecular weight excluding hydrogens is 274 g/mol. The number of rotatable bonds is 6. The first-order valence-electron chi connectivity index (χ1n) is 7.36. The molecule has 0 spiro atoms. The average molecular weight is 295 g/mol. The maximum Gasteiger partial charge on any atom is 0.335 e. The van der Waals surface area contributed by atoms with E-state index in [2.05, 4.69) is 11.9 Å². The molecule has 0 aliphatic rings. The van der Waals surface area contributed by atoms with Crippen molar-refractivity contribution in [1.82, 2.24) is 0 Å². The number of benzene rings is 2. The highest BCUT2D eigenvalue weighted by Gasteiger charge is 2.21. The lowest BCUT2D eigenvalue weighted by Crippen LogP contribution is -2.20. The zero-order valence-corrected chi connectivity index (χ0v) is 13.0. The summed E-state index contributed by atoms with van der Waals surface area (Å²) in [4.78, 5) is 12.0. The molecule has 22 heavy (non-hydrogen) atoms. The maximum absolute atomic E-state index is 12.0. The van der Waals surface area contributed by atoms with Crippen molar-refractivity contribution < 1.29 is 9.53 Å². The number of nitrogens with one attached hydrogen (secondary N) is 1. The molecule has 1 atom stereocenters. The van der Waals surface area contributed by atoms with Crippen molar-refractivity contribution in [2.75, 3.05) is 11.9 Å². The second-order valence-electron chi connectivity index (χ2n) is 5.10. The van der Waals surface area contributed by atoms with Crippen molar-refractivity contribution in [3.8, 4) is 0 Å². The molecule has 0 aromatic heterocycles. The molecule has 0 amide bonds. The van der Waals surface area contributed by atoms with E-state index in [1.54, 1.807) is 6.92 Å². The molecule has 1 N–H and O–H groups in total. The molecule has 2 rings (SSSR count). The lowest BCUT2D eigenvalue weighted by molar-refractivity contribution is -0.138. The third-order valence-electron chi connectivity index (χ3n) is 3.38. The van der Waals surface area contributed by atoms with Crippen LogP contribution in [-0.2, 0) is 9.53 Å². The van der Waals surface area contributed by atoms with Gasteiger partial charge in [-0.2, -0.15) is 0 Å². The van der Waals surface area contributed by atoms with Gasteiger partial charge in [-0.1, -0.05) is 54.6 Å². The monoisotopic (exact) mass is 295 g/mol. The predicted molar refractivity (Wildman–Crippen MR) is 89.8 cm³/mol. The molecule has 0 saturated carbocycles. The molecule has 3 nitrogen and oxygen atoms in total. The molecule has 0 fully saturated rings. The normalized spacial score (nSPS) is 11.5. The molecule has 2 aromatic rings. The minimum atomic E-state index is -0.379. The molecule has 0 saturated heterocycles. The second-order valence-corrected chi connectivity index (χ2v) is 5.10. The maximum atomic E-state index is 12.0. The summed E-state index contributed by atoms with van der Waals surface area (Å²) in [6, 6.07) is 17.5. The van der Waals surface area contributed by atoms with Crippen molar-refractivity contribution >= 4 is 11.7 Å². The van der Waals surface area contributed by atoms with Crippen LogP contribution in [0.3, 0.4) is 0 Å². The van der Waals surface area contributed by atoms with Gasteiger partial charge in [-0.05, 0) is 31.5 Å². The summed E-state index contributed by atoms with van der Waals surface area (Å²) in [5.74, 6) is -0.379. The molecule has 0 bridgehead atoms. The quantitative estimate of drug-likeness (QED) is 0.639. The van der Waals surface area contributed by atoms with Crippen molar-refractivity contribution in [3.63, 3.8) is 0 Å². The Balaban J connectivity index is 2.27. The van der Waals surface area contributed by atoms with E-state index in [9.17, 15) is 4.79 Å². The van der Waals surface area contributed by atoms with Crippen LogP contribution in [0.15, 0.2) is 66.7 Å². The lowest BCUT2D eigenvalue weighted by Gasteiger charge is -2.22. The molecule has 2 aromatic carbocycles. The predicted octanol–water partition coefficient (Wildman–Crippen LogP) is 4.27. The Bertz CT molecular complexity index is 632. The highest BCUT2D eigenvalue weighted by atomic mass is 16.5. The molecule has 114 valence electrons. The summed E-state index contributed by atoms with van der Waals surface area (Å²) < 4.78 is 5.08. The molecule has 0 heterocycles. The Labute approximate surface area is 131 Å². The smallest absolute Gasteiger partial charge is 0.335 e. The Kier molecular flexibility index (Phi) is 5.37. The number of esters is 1. The van der Waals surface area contributed by atoms with Crippen LogP contribution in [-0.4, -0.2) is 12.6 Å². The number of hydrogen-bond acceptors (Lipinski definition) is 3. The number of anilines is 1. The molecule has 0 aliphatic carbocycles. The number of carbonyl (C=O) groups is 1.